The molecule has 0 fully saturated rings. The molecule has 2 heterocycles. The van der Waals surface area contributed by atoms with Gasteiger partial charge in [-0.2, -0.15) is 0 Å². The number of aromatic nitrogens is 1. The van der Waals surface area contributed by atoms with E-state index in [1.54, 1.807) is 25.3 Å². The number of carbonyl (C=O) groups excluding carboxylic acids is 1. The van der Waals surface area contributed by atoms with Gasteiger partial charge in [0.05, 0.1) is 41.2 Å². The molecule has 3 aromatic rings. The number of rotatable bonds is 9. The van der Waals surface area contributed by atoms with Crippen molar-refractivity contribution in [3.05, 3.63) is 90.6 Å². The van der Waals surface area contributed by atoms with Crippen LogP contribution in [0.2, 0.25) is 0 Å². The summed E-state index contributed by atoms with van der Waals surface area (Å²) in [4.78, 5) is 32.2. The summed E-state index contributed by atoms with van der Waals surface area (Å²) in [5.74, 6) is 1.46. The minimum absolute atomic E-state index is 0.213. The van der Waals surface area contributed by atoms with Crippen LogP contribution >= 0.6 is 11.3 Å². The highest BCUT2D eigenvalue weighted by atomic mass is 32.1. The summed E-state index contributed by atoms with van der Waals surface area (Å²) >= 11 is 1.30. The number of hydrogen-bond donors (Lipinski definition) is 0. The Morgan fingerprint density at radius 2 is 1.66 bits per heavy atom. The molecule has 8 heteroatoms. The third kappa shape index (κ3) is 6.07. The second-order valence-electron chi connectivity index (χ2n) is 9.81. The van der Waals surface area contributed by atoms with Gasteiger partial charge in [0.25, 0.3) is 5.56 Å². The number of benzene rings is 2. The first-order valence-corrected chi connectivity index (χ1v) is 13.7. The molecule has 38 heavy (non-hydrogen) atoms. The minimum Gasteiger partial charge on any atom is -0.494 e. The zero-order valence-electron chi connectivity index (χ0n) is 22.7. The molecule has 0 aliphatic carbocycles. The highest BCUT2D eigenvalue weighted by molar-refractivity contribution is 7.07. The van der Waals surface area contributed by atoms with Gasteiger partial charge in [-0.05, 0) is 75.1 Å². The predicted molar refractivity (Wildman–Crippen MR) is 149 cm³/mol. The van der Waals surface area contributed by atoms with E-state index < -0.39 is 12.0 Å². The van der Waals surface area contributed by atoms with Crippen LogP contribution in [-0.4, -0.2) is 29.9 Å². The lowest BCUT2D eigenvalue weighted by atomic mass is 9.96. The number of allylic oxidation sites excluding steroid dienone is 1. The first kappa shape index (κ1) is 27.4. The second-order valence-corrected chi connectivity index (χ2v) is 10.8. The normalized spacial score (nSPS) is 15.5. The number of fused-ring (bicyclic) bond motifs is 1. The van der Waals surface area contributed by atoms with Gasteiger partial charge in [0.1, 0.15) is 11.5 Å². The van der Waals surface area contributed by atoms with Crippen LogP contribution in [0.1, 0.15) is 58.7 Å². The summed E-state index contributed by atoms with van der Waals surface area (Å²) in [6.45, 7) is 12.7. The number of esters is 1. The average molecular weight is 535 g/mol. The van der Waals surface area contributed by atoms with E-state index in [1.165, 1.54) is 11.3 Å². The molecule has 1 aliphatic rings. The molecule has 4 rings (SSSR count). The van der Waals surface area contributed by atoms with Crippen molar-refractivity contribution in [2.24, 2.45) is 10.9 Å². The van der Waals surface area contributed by atoms with E-state index in [4.69, 9.17) is 14.2 Å². The van der Waals surface area contributed by atoms with E-state index in [0.29, 0.717) is 39.7 Å². The molecule has 0 N–H and O–H groups in total. The van der Waals surface area contributed by atoms with Crippen molar-refractivity contribution in [1.29, 1.82) is 0 Å². The Kier molecular flexibility index (Phi) is 8.52. The van der Waals surface area contributed by atoms with Crippen LogP contribution < -0.4 is 24.4 Å². The van der Waals surface area contributed by atoms with Crippen LogP contribution in [0, 0.1) is 5.92 Å². The molecule has 200 valence electrons. The summed E-state index contributed by atoms with van der Waals surface area (Å²) in [5.41, 5.74) is 2.33. The lowest BCUT2D eigenvalue weighted by Gasteiger charge is -2.25. The van der Waals surface area contributed by atoms with Crippen molar-refractivity contribution in [2.75, 3.05) is 13.2 Å². The van der Waals surface area contributed by atoms with Crippen LogP contribution in [0.25, 0.3) is 6.08 Å². The number of thiazole rings is 1. The molecule has 1 atom stereocenters. The van der Waals surface area contributed by atoms with Crippen LogP contribution in [-0.2, 0) is 9.53 Å². The van der Waals surface area contributed by atoms with Crippen molar-refractivity contribution in [3.63, 3.8) is 0 Å². The largest absolute Gasteiger partial charge is 0.494 e. The monoisotopic (exact) mass is 534 g/mol. The zero-order valence-corrected chi connectivity index (χ0v) is 23.5. The number of hydrogen-bond acceptors (Lipinski definition) is 7. The van der Waals surface area contributed by atoms with Crippen molar-refractivity contribution < 1.29 is 19.0 Å². The lowest BCUT2D eigenvalue weighted by Crippen LogP contribution is -2.40. The van der Waals surface area contributed by atoms with Gasteiger partial charge < -0.3 is 14.2 Å². The molecule has 2 aromatic carbocycles. The fourth-order valence-electron chi connectivity index (χ4n) is 4.16. The molecule has 0 amide bonds. The molecule has 1 aliphatic heterocycles. The summed E-state index contributed by atoms with van der Waals surface area (Å²) in [5, 5.41) is 0. The average Bonchev–Trinajstić information content (AvgIpc) is 3.17. The Labute approximate surface area is 226 Å². The van der Waals surface area contributed by atoms with Gasteiger partial charge in [-0.25, -0.2) is 9.79 Å². The molecule has 0 spiro atoms. The van der Waals surface area contributed by atoms with Gasteiger partial charge in [-0.1, -0.05) is 49.4 Å². The van der Waals surface area contributed by atoms with E-state index in [2.05, 4.69) is 18.8 Å². The Balaban J connectivity index is 1.79. The third-order valence-corrected chi connectivity index (χ3v) is 6.84. The van der Waals surface area contributed by atoms with Crippen molar-refractivity contribution in [3.8, 4) is 11.5 Å². The van der Waals surface area contributed by atoms with E-state index in [9.17, 15) is 9.59 Å². The maximum Gasteiger partial charge on any atom is 0.338 e. The topological polar surface area (TPSA) is 79.1 Å². The predicted octanol–water partition coefficient (Wildman–Crippen LogP) is 4.62. The maximum atomic E-state index is 13.8. The molecule has 0 radical (unpaired) electrons. The summed E-state index contributed by atoms with van der Waals surface area (Å²) in [7, 11) is 0. The second kappa shape index (κ2) is 11.8. The molecule has 1 aromatic heterocycles. The maximum absolute atomic E-state index is 13.8. The standard InChI is InChI=1S/C30H34N2O5S/c1-7-35-23-14-10-22(11-15-23)27-26(29(34)37-19(4)5)20(6)31-30-32(27)28(33)25(38-30)16-21-8-12-24(13-9-21)36-17-18(2)3/h8-16,18-19,27H,7,17H2,1-6H3/b25-16-/t27-/m0/s1. The quantitative estimate of drug-likeness (QED) is 0.375. The number of ether oxygens (including phenoxy) is 3. The van der Waals surface area contributed by atoms with Crippen molar-refractivity contribution in [2.45, 2.75) is 53.7 Å². The van der Waals surface area contributed by atoms with Crippen molar-refractivity contribution >= 4 is 23.4 Å². The van der Waals surface area contributed by atoms with Crippen molar-refractivity contribution in [1.82, 2.24) is 4.57 Å². The molecule has 7 nitrogen and oxygen atoms in total. The van der Waals surface area contributed by atoms with Gasteiger partial charge in [0.15, 0.2) is 4.80 Å². The van der Waals surface area contributed by atoms with Gasteiger partial charge in [0, 0.05) is 0 Å². The summed E-state index contributed by atoms with van der Waals surface area (Å²) in [6.07, 6.45) is 1.54. The van der Waals surface area contributed by atoms with Crippen LogP contribution in [0.3, 0.4) is 0 Å². The number of nitrogens with zero attached hydrogens (tertiary/aromatic N) is 2. The lowest BCUT2D eigenvalue weighted by molar-refractivity contribution is -0.143. The molecule has 0 saturated carbocycles. The minimum atomic E-state index is -0.665. The Hall–Kier alpha value is -3.65. The van der Waals surface area contributed by atoms with E-state index in [1.807, 2.05) is 61.5 Å². The van der Waals surface area contributed by atoms with Crippen LogP contribution in [0.5, 0.6) is 11.5 Å². The Morgan fingerprint density at radius 3 is 2.26 bits per heavy atom. The van der Waals surface area contributed by atoms with E-state index in [-0.39, 0.29) is 11.7 Å². The Morgan fingerprint density at radius 1 is 1.03 bits per heavy atom. The van der Waals surface area contributed by atoms with Gasteiger partial charge in [0.2, 0.25) is 0 Å². The van der Waals surface area contributed by atoms with Gasteiger partial charge >= 0.3 is 5.97 Å². The van der Waals surface area contributed by atoms with Crippen LogP contribution in [0.4, 0.5) is 0 Å². The number of carbonyl (C=O) groups is 1. The van der Waals surface area contributed by atoms with Gasteiger partial charge in [-0.15, -0.1) is 0 Å². The van der Waals surface area contributed by atoms with Crippen LogP contribution in [0.15, 0.2) is 69.6 Å². The first-order chi connectivity index (χ1) is 18.2. The smallest absolute Gasteiger partial charge is 0.338 e. The van der Waals surface area contributed by atoms with E-state index in [0.717, 1.165) is 22.6 Å². The molecular formula is C30H34N2O5S. The van der Waals surface area contributed by atoms with Gasteiger partial charge in [-0.3, -0.25) is 9.36 Å². The highest BCUT2D eigenvalue weighted by Crippen LogP contribution is 2.32. The molecule has 0 unspecified atom stereocenters. The molecule has 0 bridgehead atoms. The summed E-state index contributed by atoms with van der Waals surface area (Å²) in [6, 6.07) is 14.4. The molecular weight excluding hydrogens is 500 g/mol. The summed E-state index contributed by atoms with van der Waals surface area (Å²) < 4.78 is 19.1. The zero-order chi connectivity index (χ0) is 27.4. The first-order valence-electron chi connectivity index (χ1n) is 12.9. The fourth-order valence-corrected chi connectivity index (χ4v) is 5.21. The molecule has 0 saturated heterocycles. The fraction of sp³-hybridized carbons (Fsp3) is 0.367. The SMILES string of the molecule is CCOc1ccc([C@H]2C(C(=O)OC(C)C)=C(C)N=c3s/c(=C\c4ccc(OCC(C)C)cc4)c(=O)n32)cc1. The Bertz CT molecular complexity index is 1500. The van der Waals surface area contributed by atoms with E-state index >= 15 is 0 Å². The highest BCUT2D eigenvalue weighted by Gasteiger charge is 2.33. The third-order valence-electron chi connectivity index (χ3n) is 5.85.